The van der Waals surface area contributed by atoms with Gasteiger partial charge in [-0.1, -0.05) is 6.92 Å². The molecule has 1 aliphatic rings. The quantitative estimate of drug-likeness (QED) is 0.531. The van der Waals surface area contributed by atoms with Gasteiger partial charge in [0.15, 0.2) is 23.1 Å². The third-order valence-electron chi connectivity index (χ3n) is 4.32. The first-order valence-corrected chi connectivity index (χ1v) is 8.49. The van der Waals surface area contributed by atoms with E-state index in [1.165, 1.54) is 0 Å². The largest absolute Gasteiger partial charge is 0.393 e. The van der Waals surface area contributed by atoms with Crippen molar-refractivity contribution in [2.45, 2.75) is 51.2 Å². The summed E-state index contributed by atoms with van der Waals surface area (Å²) < 4.78 is 0. The smallest absolute Gasteiger partial charge is 0.271 e. The molecule has 1 amide bonds. The number of carbonyl (C=O) groups is 1. The van der Waals surface area contributed by atoms with Gasteiger partial charge in [0.05, 0.1) is 11.8 Å². The van der Waals surface area contributed by atoms with Crippen LogP contribution < -0.4 is 16.4 Å². The monoisotopic (exact) mass is 345 g/mol. The lowest BCUT2D eigenvalue weighted by Crippen LogP contribution is -2.29. The minimum atomic E-state index is -0.646. The zero-order valence-corrected chi connectivity index (χ0v) is 14.1. The number of nitrogens with two attached hydrogens (primary N) is 1. The zero-order chi connectivity index (χ0) is 17.8. The van der Waals surface area contributed by atoms with Crippen molar-refractivity contribution in [3.8, 4) is 0 Å². The second kappa shape index (κ2) is 7.47. The minimum Gasteiger partial charge on any atom is -0.393 e. The van der Waals surface area contributed by atoms with Gasteiger partial charge in [-0.05, 0) is 32.1 Å². The molecule has 2 aromatic heterocycles. The Morgan fingerprint density at radius 2 is 2.08 bits per heavy atom. The number of amides is 1. The number of hydrogen-bond donors (Lipinski definition) is 5. The Labute approximate surface area is 145 Å². The number of aromatic nitrogens is 4. The molecule has 0 bridgehead atoms. The van der Waals surface area contributed by atoms with E-state index in [1.807, 2.05) is 6.92 Å². The summed E-state index contributed by atoms with van der Waals surface area (Å²) in [5, 5.41) is 22.7. The topological polar surface area (TPSA) is 142 Å². The molecule has 0 saturated heterocycles. The van der Waals surface area contributed by atoms with Crippen LogP contribution in [-0.2, 0) is 6.42 Å². The summed E-state index contributed by atoms with van der Waals surface area (Å²) in [7, 11) is 0. The van der Waals surface area contributed by atoms with E-state index in [9.17, 15) is 9.90 Å². The van der Waals surface area contributed by atoms with Crippen molar-refractivity contribution in [3.05, 3.63) is 23.7 Å². The third-order valence-corrected chi connectivity index (χ3v) is 4.32. The highest BCUT2D eigenvalue weighted by molar-refractivity contribution is 5.96. The average Bonchev–Trinajstić information content (AvgIpc) is 3.10. The first-order chi connectivity index (χ1) is 12.1. The molecule has 6 N–H and O–H groups in total. The summed E-state index contributed by atoms with van der Waals surface area (Å²) in [4.78, 5) is 20.7. The number of nitrogens with zero attached hydrogens (tertiary/aromatic N) is 3. The molecular weight excluding hydrogens is 322 g/mol. The Bertz CT molecular complexity index is 724. The molecule has 0 aliphatic heterocycles. The second-order valence-electron chi connectivity index (χ2n) is 6.17. The van der Waals surface area contributed by atoms with Crippen molar-refractivity contribution in [2.24, 2.45) is 5.73 Å². The van der Waals surface area contributed by atoms with Gasteiger partial charge >= 0.3 is 0 Å². The van der Waals surface area contributed by atoms with E-state index in [2.05, 4.69) is 30.8 Å². The van der Waals surface area contributed by atoms with Gasteiger partial charge in [-0.15, -0.1) is 0 Å². The van der Waals surface area contributed by atoms with Crippen LogP contribution in [0.3, 0.4) is 0 Å². The van der Waals surface area contributed by atoms with Crippen molar-refractivity contribution in [3.63, 3.8) is 0 Å². The summed E-state index contributed by atoms with van der Waals surface area (Å²) in [6, 6.07) is 1.94. The average molecular weight is 345 g/mol. The molecule has 1 saturated carbocycles. The fraction of sp³-hybridized carbons (Fsp3) is 0.500. The molecule has 0 aromatic carbocycles. The van der Waals surface area contributed by atoms with Gasteiger partial charge in [0.2, 0.25) is 0 Å². The van der Waals surface area contributed by atoms with Crippen LogP contribution in [0.4, 0.5) is 17.5 Å². The zero-order valence-electron chi connectivity index (χ0n) is 14.1. The highest BCUT2D eigenvalue weighted by Crippen LogP contribution is 2.25. The van der Waals surface area contributed by atoms with E-state index < -0.39 is 5.91 Å². The van der Waals surface area contributed by atoms with E-state index in [0.717, 1.165) is 25.7 Å². The molecule has 2 heterocycles. The first-order valence-electron chi connectivity index (χ1n) is 8.49. The van der Waals surface area contributed by atoms with Crippen molar-refractivity contribution < 1.29 is 9.90 Å². The first kappa shape index (κ1) is 17.2. The molecule has 0 atom stereocenters. The number of aromatic amines is 1. The van der Waals surface area contributed by atoms with Gasteiger partial charge in [-0.2, -0.15) is 5.10 Å². The number of aliphatic hydroxyl groups is 1. The molecule has 2 aromatic rings. The van der Waals surface area contributed by atoms with Crippen molar-refractivity contribution >= 4 is 23.4 Å². The Kier molecular flexibility index (Phi) is 5.13. The van der Waals surface area contributed by atoms with Gasteiger partial charge in [-0.25, -0.2) is 9.97 Å². The summed E-state index contributed by atoms with van der Waals surface area (Å²) in [6.45, 7) is 1.95. The molecule has 0 radical (unpaired) electrons. The Hall–Kier alpha value is -2.68. The summed E-state index contributed by atoms with van der Waals surface area (Å²) in [5.74, 6) is 0.780. The maximum Gasteiger partial charge on any atom is 0.271 e. The molecule has 0 unspecified atom stereocenters. The Balaban J connectivity index is 1.89. The molecule has 9 nitrogen and oxygen atoms in total. The number of carbonyl (C=O) groups excluding carboxylic acids is 1. The second-order valence-corrected chi connectivity index (χ2v) is 6.17. The Morgan fingerprint density at radius 1 is 1.32 bits per heavy atom. The standard InChI is InChI=1S/C16H23N7O2/c1-2-11-15(19-9-3-5-10(24)6-4-9)22-16(13(20-11)14(17)25)21-12-7-8-18-23-12/h7-10,24H,2-6H2,1H3,(H2,17,25)(H3,18,19,21,22,23)/t9-,10-. The number of aliphatic hydroxyl groups excluding tert-OH is 1. The number of aryl methyl sites for hydroxylation is 1. The van der Waals surface area contributed by atoms with Crippen LogP contribution in [-0.4, -0.2) is 43.3 Å². The number of primary amides is 1. The molecule has 25 heavy (non-hydrogen) atoms. The lowest BCUT2D eigenvalue weighted by atomic mass is 9.93. The van der Waals surface area contributed by atoms with Crippen LogP contribution in [0.5, 0.6) is 0 Å². The minimum absolute atomic E-state index is 0.0875. The SMILES string of the molecule is CCc1nc(C(N)=O)c(Nc2cc[nH]n2)nc1N[C@H]1CC[C@H](O)CC1. The maximum absolute atomic E-state index is 11.8. The van der Waals surface area contributed by atoms with Gasteiger partial charge in [-0.3, -0.25) is 9.89 Å². The van der Waals surface area contributed by atoms with Crippen LogP contribution in [0.25, 0.3) is 0 Å². The van der Waals surface area contributed by atoms with Crippen LogP contribution in [0, 0.1) is 0 Å². The summed E-state index contributed by atoms with van der Waals surface area (Å²) in [5.41, 5.74) is 6.23. The fourth-order valence-corrected chi connectivity index (χ4v) is 2.96. The molecule has 9 heteroatoms. The lowest BCUT2D eigenvalue weighted by Gasteiger charge is -2.27. The van der Waals surface area contributed by atoms with E-state index in [4.69, 9.17) is 5.73 Å². The molecular formula is C16H23N7O2. The summed E-state index contributed by atoms with van der Waals surface area (Å²) in [6.07, 6.45) is 5.33. The summed E-state index contributed by atoms with van der Waals surface area (Å²) >= 11 is 0. The van der Waals surface area contributed by atoms with E-state index in [1.54, 1.807) is 12.3 Å². The number of nitrogens with one attached hydrogen (secondary N) is 3. The van der Waals surface area contributed by atoms with Crippen LogP contribution in [0.1, 0.15) is 48.8 Å². The highest BCUT2D eigenvalue weighted by Gasteiger charge is 2.23. The van der Waals surface area contributed by atoms with Crippen molar-refractivity contribution in [1.82, 2.24) is 20.2 Å². The maximum atomic E-state index is 11.8. The fourth-order valence-electron chi connectivity index (χ4n) is 2.96. The molecule has 1 aliphatic carbocycles. The molecule has 134 valence electrons. The normalized spacial score (nSPS) is 20.2. The van der Waals surface area contributed by atoms with Crippen LogP contribution >= 0.6 is 0 Å². The Morgan fingerprint density at radius 3 is 2.68 bits per heavy atom. The third kappa shape index (κ3) is 4.05. The highest BCUT2D eigenvalue weighted by atomic mass is 16.3. The molecule has 3 rings (SSSR count). The van der Waals surface area contributed by atoms with E-state index >= 15 is 0 Å². The van der Waals surface area contributed by atoms with Gasteiger partial charge in [0.25, 0.3) is 5.91 Å². The van der Waals surface area contributed by atoms with Crippen LogP contribution in [0.2, 0.25) is 0 Å². The number of anilines is 3. The van der Waals surface area contributed by atoms with Gasteiger partial charge in [0, 0.05) is 18.3 Å². The van der Waals surface area contributed by atoms with Crippen molar-refractivity contribution in [1.29, 1.82) is 0 Å². The van der Waals surface area contributed by atoms with Gasteiger partial charge < -0.3 is 21.5 Å². The predicted octanol–water partition coefficient (Wildman–Crippen LogP) is 1.32. The van der Waals surface area contributed by atoms with E-state index in [0.29, 0.717) is 23.8 Å². The van der Waals surface area contributed by atoms with Crippen LogP contribution in [0.15, 0.2) is 12.3 Å². The lowest BCUT2D eigenvalue weighted by molar-refractivity contribution is 0.0996. The molecule has 0 spiro atoms. The number of H-pyrrole nitrogens is 1. The van der Waals surface area contributed by atoms with Gasteiger partial charge in [0.1, 0.15) is 0 Å². The van der Waals surface area contributed by atoms with E-state index in [-0.39, 0.29) is 23.7 Å². The molecule has 1 fully saturated rings. The predicted molar refractivity (Wildman–Crippen MR) is 93.7 cm³/mol. The van der Waals surface area contributed by atoms with Crippen molar-refractivity contribution in [2.75, 3.05) is 10.6 Å². The number of hydrogen-bond acceptors (Lipinski definition) is 7. The number of rotatable bonds is 6.